The van der Waals surface area contributed by atoms with E-state index in [0.717, 1.165) is 28.8 Å². The zero-order valence-electron chi connectivity index (χ0n) is 17.9. The number of aryl methyl sites for hydroxylation is 1. The van der Waals surface area contributed by atoms with Gasteiger partial charge >= 0.3 is 0 Å². The Labute approximate surface area is 188 Å². The summed E-state index contributed by atoms with van der Waals surface area (Å²) in [5.74, 6) is 0.470. The molecule has 1 fully saturated rings. The van der Waals surface area contributed by atoms with Crippen molar-refractivity contribution in [3.63, 3.8) is 0 Å². The molecule has 1 aromatic carbocycles. The molecule has 1 heterocycles. The van der Waals surface area contributed by atoms with Crippen molar-refractivity contribution in [3.05, 3.63) is 57.8 Å². The average Bonchev–Trinajstić information content (AvgIpc) is 3.25. The molecule has 1 aliphatic rings. The molecular weight excluding hydrogens is 416 g/mol. The summed E-state index contributed by atoms with van der Waals surface area (Å²) in [5.41, 5.74) is 1.92. The first-order valence-electron chi connectivity index (χ1n) is 10.7. The zero-order valence-corrected chi connectivity index (χ0v) is 19.5. The zero-order chi connectivity index (χ0) is 21.7. The number of nitrogens with one attached hydrogen (secondary N) is 1. The lowest BCUT2D eigenvalue weighted by molar-refractivity contribution is -0.140. The molecule has 162 valence electrons. The van der Waals surface area contributed by atoms with Crippen molar-refractivity contribution in [2.24, 2.45) is 11.8 Å². The van der Waals surface area contributed by atoms with E-state index in [0.29, 0.717) is 18.4 Å². The number of thiophene rings is 1. The lowest BCUT2D eigenvalue weighted by atomic mass is 9.78. The molecule has 0 saturated heterocycles. The monoisotopic (exact) mass is 446 g/mol. The largest absolute Gasteiger partial charge is 0.351 e. The van der Waals surface area contributed by atoms with Crippen molar-refractivity contribution in [2.75, 3.05) is 5.88 Å². The van der Waals surface area contributed by atoms with E-state index in [1.165, 1.54) is 6.42 Å². The molecule has 1 saturated carbocycles. The first-order valence-corrected chi connectivity index (χ1v) is 12.1. The van der Waals surface area contributed by atoms with Gasteiger partial charge in [-0.2, -0.15) is 0 Å². The number of amides is 2. The molecule has 0 spiro atoms. The topological polar surface area (TPSA) is 49.4 Å². The van der Waals surface area contributed by atoms with Crippen LogP contribution in [0.2, 0.25) is 0 Å². The van der Waals surface area contributed by atoms with Gasteiger partial charge in [0.2, 0.25) is 11.8 Å². The smallest absolute Gasteiger partial charge is 0.247 e. The fourth-order valence-electron chi connectivity index (χ4n) is 4.24. The van der Waals surface area contributed by atoms with Crippen LogP contribution >= 0.6 is 22.9 Å². The van der Waals surface area contributed by atoms with Crippen molar-refractivity contribution in [3.8, 4) is 0 Å². The maximum Gasteiger partial charge on any atom is 0.247 e. The minimum atomic E-state index is -0.705. The molecule has 4 nitrogen and oxygen atoms in total. The predicted octanol–water partition coefficient (Wildman–Crippen LogP) is 5.31. The third kappa shape index (κ3) is 5.44. The summed E-state index contributed by atoms with van der Waals surface area (Å²) in [6.45, 7) is 6.84. The third-order valence-corrected chi connectivity index (χ3v) is 7.42. The second-order valence-electron chi connectivity index (χ2n) is 8.43. The van der Waals surface area contributed by atoms with Gasteiger partial charge in [-0.15, -0.1) is 22.9 Å². The third-order valence-electron chi connectivity index (χ3n) is 6.33. The van der Waals surface area contributed by atoms with Crippen molar-refractivity contribution < 1.29 is 9.59 Å². The van der Waals surface area contributed by atoms with Crippen LogP contribution < -0.4 is 5.32 Å². The van der Waals surface area contributed by atoms with Crippen LogP contribution in [0, 0.1) is 18.8 Å². The highest BCUT2D eigenvalue weighted by atomic mass is 35.5. The Hall–Kier alpha value is -1.85. The van der Waals surface area contributed by atoms with Gasteiger partial charge in [0.25, 0.3) is 0 Å². The van der Waals surface area contributed by atoms with Gasteiger partial charge in [0, 0.05) is 10.9 Å². The van der Waals surface area contributed by atoms with Gasteiger partial charge in [-0.3, -0.25) is 9.59 Å². The number of halogens is 1. The van der Waals surface area contributed by atoms with Crippen LogP contribution in [-0.4, -0.2) is 28.6 Å². The number of nitrogens with zero attached hydrogens (tertiary/aromatic N) is 1. The maximum atomic E-state index is 13.6. The highest BCUT2D eigenvalue weighted by molar-refractivity contribution is 7.09. The quantitative estimate of drug-likeness (QED) is 0.586. The van der Waals surface area contributed by atoms with E-state index in [1.54, 1.807) is 16.2 Å². The molecule has 3 rings (SSSR count). The number of rotatable bonds is 7. The Morgan fingerprint density at radius 3 is 2.57 bits per heavy atom. The Balaban J connectivity index is 1.92. The molecule has 4 atom stereocenters. The SMILES string of the molecule is Cc1ccc([C@H](C(=O)N[C@@H]2CCC[C@H](C)[C@H]2C)N(Cc2cccs2)C(=O)CCl)cc1. The molecule has 2 aromatic rings. The molecule has 2 amide bonds. The van der Waals surface area contributed by atoms with Crippen molar-refractivity contribution in [1.29, 1.82) is 0 Å². The standard InChI is InChI=1S/C24H31ClN2O2S/c1-16-9-11-19(12-10-16)23(24(29)26-21-8-4-6-17(2)18(21)3)27(22(28)14-25)15-20-7-5-13-30-20/h5,7,9-13,17-18,21,23H,4,6,8,14-15H2,1-3H3,(H,26,29)/t17-,18+,21+,23+/m0/s1. The second-order valence-corrected chi connectivity index (χ2v) is 9.73. The Kier molecular flexibility index (Phi) is 7.95. The van der Waals surface area contributed by atoms with Crippen LogP contribution in [0.5, 0.6) is 0 Å². The van der Waals surface area contributed by atoms with Crippen LogP contribution in [0.15, 0.2) is 41.8 Å². The van der Waals surface area contributed by atoms with Crippen LogP contribution in [0.3, 0.4) is 0 Å². The number of alkyl halides is 1. The fraction of sp³-hybridized carbons (Fsp3) is 0.500. The minimum absolute atomic E-state index is 0.125. The van der Waals surface area contributed by atoms with Gasteiger partial charge in [0.05, 0.1) is 6.54 Å². The van der Waals surface area contributed by atoms with E-state index < -0.39 is 6.04 Å². The van der Waals surface area contributed by atoms with Gasteiger partial charge in [0.15, 0.2) is 0 Å². The Morgan fingerprint density at radius 2 is 1.93 bits per heavy atom. The lowest BCUT2D eigenvalue weighted by Crippen LogP contribution is -2.50. The normalized spacial score (nSPS) is 22.3. The van der Waals surface area contributed by atoms with E-state index in [9.17, 15) is 9.59 Å². The van der Waals surface area contributed by atoms with Crippen molar-refractivity contribution in [1.82, 2.24) is 10.2 Å². The van der Waals surface area contributed by atoms with Crippen molar-refractivity contribution in [2.45, 2.75) is 58.7 Å². The summed E-state index contributed by atoms with van der Waals surface area (Å²) in [4.78, 5) is 29.1. The minimum Gasteiger partial charge on any atom is -0.351 e. The van der Waals surface area contributed by atoms with E-state index in [1.807, 2.05) is 48.7 Å². The molecule has 30 heavy (non-hydrogen) atoms. The van der Waals surface area contributed by atoms with E-state index >= 15 is 0 Å². The molecule has 0 unspecified atom stereocenters. The van der Waals surface area contributed by atoms with Gasteiger partial charge in [-0.1, -0.05) is 62.6 Å². The van der Waals surface area contributed by atoms with Crippen LogP contribution in [0.4, 0.5) is 0 Å². The fourth-order valence-corrected chi connectivity index (χ4v) is 5.10. The molecule has 1 aliphatic carbocycles. The summed E-state index contributed by atoms with van der Waals surface area (Å²) in [6.07, 6.45) is 3.29. The molecule has 0 bridgehead atoms. The van der Waals surface area contributed by atoms with Crippen molar-refractivity contribution >= 4 is 34.8 Å². The molecule has 0 aliphatic heterocycles. The van der Waals surface area contributed by atoms with E-state index in [4.69, 9.17) is 11.6 Å². The second kappa shape index (κ2) is 10.5. The van der Waals surface area contributed by atoms with Gasteiger partial charge in [-0.25, -0.2) is 0 Å². The van der Waals surface area contributed by atoms with E-state index in [-0.39, 0.29) is 23.7 Å². The Morgan fingerprint density at radius 1 is 1.20 bits per heavy atom. The van der Waals surface area contributed by atoms with Gasteiger partial charge < -0.3 is 10.2 Å². The number of carbonyl (C=O) groups excluding carboxylic acids is 2. The first kappa shape index (κ1) is 22.8. The highest BCUT2D eigenvalue weighted by Crippen LogP contribution is 2.31. The van der Waals surface area contributed by atoms with Gasteiger partial charge in [0.1, 0.15) is 11.9 Å². The Bertz CT molecular complexity index is 837. The van der Waals surface area contributed by atoms with Crippen LogP contribution in [0.25, 0.3) is 0 Å². The first-order chi connectivity index (χ1) is 14.4. The molecule has 1 aromatic heterocycles. The summed E-state index contributed by atoms with van der Waals surface area (Å²) >= 11 is 7.54. The number of hydrogen-bond donors (Lipinski definition) is 1. The molecule has 0 radical (unpaired) electrons. The molecule has 6 heteroatoms. The summed E-state index contributed by atoms with van der Waals surface area (Å²) < 4.78 is 0. The number of carbonyl (C=O) groups is 2. The maximum absolute atomic E-state index is 13.6. The van der Waals surface area contributed by atoms with E-state index in [2.05, 4.69) is 19.2 Å². The predicted molar refractivity (Wildman–Crippen MR) is 124 cm³/mol. The van der Waals surface area contributed by atoms with Crippen LogP contribution in [-0.2, 0) is 16.1 Å². The number of hydrogen-bond acceptors (Lipinski definition) is 3. The summed E-state index contributed by atoms with van der Waals surface area (Å²) in [7, 11) is 0. The van der Waals surface area contributed by atoms with Crippen LogP contribution in [0.1, 0.15) is 55.2 Å². The lowest BCUT2D eigenvalue weighted by Gasteiger charge is -2.37. The summed E-state index contributed by atoms with van der Waals surface area (Å²) in [6, 6.07) is 11.2. The number of benzene rings is 1. The molecule has 1 N–H and O–H groups in total. The highest BCUT2D eigenvalue weighted by Gasteiger charge is 2.35. The molecular formula is C24H31ClN2O2S. The van der Waals surface area contributed by atoms with Gasteiger partial charge in [-0.05, 0) is 42.2 Å². The summed E-state index contributed by atoms with van der Waals surface area (Å²) in [5, 5.41) is 5.26. The average molecular weight is 447 g/mol.